The smallest absolute Gasteiger partial charge is 0.411 e. The zero-order valence-electron chi connectivity index (χ0n) is 19.1. The summed E-state index contributed by atoms with van der Waals surface area (Å²) in [6, 6.07) is 20.5. The minimum atomic E-state index is -0.981. The van der Waals surface area contributed by atoms with Crippen molar-refractivity contribution >= 4 is 39.6 Å². The monoisotopic (exact) mass is 536 g/mol. The minimum Gasteiger partial charge on any atom is -0.481 e. The van der Waals surface area contributed by atoms with Crippen molar-refractivity contribution in [1.82, 2.24) is 5.32 Å². The third-order valence-electron chi connectivity index (χ3n) is 6.06. The van der Waals surface area contributed by atoms with E-state index in [2.05, 4.69) is 38.7 Å². The molecule has 180 valence electrons. The molecule has 4 rings (SSSR count). The SMILES string of the molecule is CC[C@@H](CC(=O)O)NC(=O)c1ccc(Br)c(NC(=O)OCC2c3ccccc3-c3ccccc32)c1. The number of amides is 2. The predicted octanol–water partition coefficient (Wildman–Crippen LogP) is 5.79. The summed E-state index contributed by atoms with van der Waals surface area (Å²) >= 11 is 3.39. The normalized spacial score (nSPS) is 12.9. The zero-order chi connectivity index (χ0) is 24.9. The maximum atomic E-state index is 12.7. The van der Waals surface area contributed by atoms with E-state index in [9.17, 15) is 14.4 Å². The van der Waals surface area contributed by atoms with Crippen molar-refractivity contribution in [1.29, 1.82) is 0 Å². The van der Waals surface area contributed by atoms with Gasteiger partial charge in [0, 0.05) is 22.0 Å². The number of carboxylic acids is 1. The number of benzene rings is 3. The first kappa shape index (κ1) is 24.5. The van der Waals surface area contributed by atoms with E-state index in [1.54, 1.807) is 19.1 Å². The molecule has 0 radical (unpaired) electrons. The van der Waals surface area contributed by atoms with Gasteiger partial charge >= 0.3 is 12.1 Å². The van der Waals surface area contributed by atoms with Crippen LogP contribution in [0.1, 0.15) is 47.2 Å². The molecule has 0 spiro atoms. The number of ether oxygens (including phenoxy) is 1. The van der Waals surface area contributed by atoms with Crippen molar-refractivity contribution in [3.8, 4) is 11.1 Å². The third-order valence-corrected chi connectivity index (χ3v) is 6.75. The van der Waals surface area contributed by atoms with E-state index in [0.29, 0.717) is 22.1 Å². The van der Waals surface area contributed by atoms with Gasteiger partial charge in [0.1, 0.15) is 6.61 Å². The summed E-state index contributed by atoms with van der Waals surface area (Å²) in [4.78, 5) is 36.2. The molecule has 1 atom stereocenters. The molecule has 3 N–H and O–H groups in total. The van der Waals surface area contributed by atoms with Gasteiger partial charge in [-0.25, -0.2) is 4.79 Å². The summed E-state index contributed by atoms with van der Waals surface area (Å²) in [5, 5.41) is 14.4. The van der Waals surface area contributed by atoms with Crippen LogP contribution in [-0.2, 0) is 9.53 Å². The Labute approximate surface area is 211 Å². The number of aliphatic carboxylic acids is 1. The summed E-state index contributed by atoms with van der Waals surface area (Å²) in [6.45, 7) is 1.98. The lowest BCUT2D eigenvalue weighted by atomic mass is 9.98. The quantitative estimate of drug-likeness (QED) is 0.337. The van der Waals surface area contributed by atoms with Gasteiger partial charge in [-0.1, -0.05) is 55.5 Å². The molecule has 1 aliphatic carbocycles. The van der Waals surface area contributed by atoms with Gasteiger partial charge in [-0.2, -0.15) is 0 Å². The molecule has 0 saturated heterocycles. The lowest BCUT2D eigenvalue weighted by Gasteiger charge is -2.16. The molecule has 3 aromatic carbocycles. The standard InChI is InChI=1S/C27H25BrN2O5/c1-2-17(14-25(31)32)29-26(33)16-11-12-23(28)24(13-16)30-27(34)35-15-22-20-9-5-3-7-18(20)19-8-4-6-10-21(19)22/h3-13,17,22H,2,14-15H2,1H3,(H,29,33)(H,30,34)(H,31,32)/t17-/m0/s1. The van der Waals surface area contributed by atoms with E-state index in [0.717, 1.165) is 22.3 Å². The lowest BCUT2D eigenvalue weighted by Crippen LogP contribution is -2.36. The minimum absolute atomic E-state index is 0.0612. The number of halogens is 1. The predicted molar refractivity (Wildman–Crippen MR) is 137 cm³/mol. The van der Waals surface area contributed by atoms with Gasteiger partial charge in [-0.3, -0.25) is 14.9 Å². The average molecular weight is 537 g/mol. The van der Waals surface area contributed by atoms with E-state index < -0.39 is 24.0 Å². The van der Waals surface area contributed by atoms with Crippen LogP contribution in [0.25, 0.3) is 11.1 Å². The molecule has 0 saturated carbocycles. The first-order valence-electron chi connectivity index (χ1n) is 11.3. The third kappa shape index (κ3) is 5.54. The Kier molecular flexibility index (Phi) is 7.51. The number of nitrogens with one attached hydrogen (secondary N) is 2. The summed E-state index contributed by atoms with van der Waals surface area (Å²) in [5.74, 6) is -1.46. The van der Waals surface area contributed by atoms with Crippen LogP contribution in [0.3, 0.4) is 0 Å². The molecule has 35 heavy (non-hydrogen) atoms. The van der Waals surface area contributed by atoms with Crippen molar-refractivity contribution in [2.45, 2.75) is 31.7 Å². The summed E-state index contributed by atoms with van der Waals surface area (Å²) < 4.78 is 6.17. The van der Waals surface area contributed by atoms with Gasteiger partial charge in [-0.05, 0) is 62.8 Å². The van der Waals surface area contributed by atoms with Crippen LogP contribution in [0.5, 0.6) is 0 Å². The van der Waals surface area contributed by atoms with Gasteiger partial charge in [0.2, 0.25) is 0 Å². The Bertz CT molecular complexity index is 1230. The van der Waals surface area contributed by atoms with Gasteiger partial charge in [0.05, 0.1) is 12.1 Å². The van der Waals surface area contributed by atoms with Crippen LogP contribution in [-0.4, -0.2) is 35.7 Å². The second-order valence-corrected chi connectivity index (χ2v) is 9.18. The second kappa shape index (κ2) is 10.7. The van der Waals surface area contributed by atoms with Crippen molar-refractivity contribution in [2.75, 3.05) is 11.9 Å². The van der Waals surface area contributed by atoms with Crippen molar-refractivity contribution in [2.24, 2.45) is 0 Å². The maximum absolute atomic E-state index is 12.7. The molecule has 8 heteroatoms. The molecular weight excluding hydrogens is 512 g/mol. The average Bonchev–Trinajstić information content (AvgIpc) is 3.17. The van der Waals surface area contributed by atoms with Crippen LogP contribution in [0.15, 0.2) is 71.2 Å². The largest absolute Gasteiger partial charge is 0.481 e. The van der Waals surface area contributed by atoms with Gasteiger partial charge in [0.15, 0.2) is 0 Å². The van der Waals surface area contributed by atoms with E-state index in [4.69, 9.17) is 9.84 Å². The van der Waals surface area contributed by atoms with Crippen molar-refractivity contribution in [3.63, 3.8) is 0 Å². The summed E-state index contributed by atoms with van der Waals surface area (Å²) in [7, 11) is 0. The van der Waals surface area contributed by atoms with E-state index >= 15 is 0 Å². The highest BCUT2D eigenvalue weighted by Crippen LogP contribution is 2.44. The molecule has 0 heterocycles. The Morgan fingerprint density at radius 3 is 2.23 bits per heavy atom. The Hall–Kier alpha value is -3.65. The van der Waals surface area contributed by atoms with Gasteiger partial charge in [-0.15, -0.1) is 0 Å². The fraction of sp³-hybridized carbons (Fsp3) is 0.222. The fourth-order valence-corrected chi connectivity index (χ4v) is 4.63. The Morgan fingerprint density at radius 2 is 1.63 bits per heavy atom. The molecule has 0 aliphatic heterocycles. The highest BCUT2D eigenvalue weighted by Gasteiger charge is 2.29. The molecule has 2 amide bonds. The lowest BCUT2D eigenvalue weighted by molar-refractivity contribution is -0.137. The van der Waals surface area contributed by atoms with Crippen LogP contribution in [0, 0.1) is 0 Å². The van der Waals surface area contributed by atoms with Gasteiger partial charge in [0.25, 0.3) is 5.91 Å². The van der Waals surface area contributed by atoms with Crippen LogP contribution >= 0.6 is 15.9 Å². The molecule has 0 fully saturated rings. The number of carboxylic acid groups (broad SMARTS) is 1. The van der Waals surface area contributed by atoms with Crippen molar-refractivity contribution in [3.05, 3.63) is 87.9 Å². The topological polar surface area (TPSA) is 105 Å². The highest BCUT2D eigenvalue weighted by atomic mass is 79.9. The molecule has 0 unspecified atom stereocenters. The van der Waals surface area contributed by atoms with E-state index in [-0.39, 0.29) is 18.9 Å². The molecule has 7 nitrogen and oxygen atoms in total. The molecule has 0 aromatic heterocycles. The molecular formula is C27H25BrN2O5. The number of fused-ring (bicyclic) bond motifs is 3. The molecule has 3 aromatic rings. The number of anilines is 1. The van der Waals surface area contributed by atoms with E-state index in [1.165, 1.54) is 6.07 Å². The number of carbonyl (C=O) groups excluding carboxylic acids is 2. The number of hydrogen-bond donors (Lipinski definition) is 3. The van der Waals surface area contributed by atoms with Crippen LogP contribution < -0.4 is 10.6 Å². The number of carbonyl (C=O) groups is 3. The second-order valence-electron chi connectivity index (χ2n) is 8.32. The maximum Gasteiger partial charge on any atom is 0.411 e. The Morgan fingerprint density at radius 1 is 1.00 bits per heavy atom. The zero-order valence-corrected chi connectivity index (χ0v) is 20.7. The molecule has 0 bridgehead atoms. The van der Waals surface area contributed by atoms with Crippen LogP contribution in [0.2, 0.25) is 0 Å². The van der Waals surface area contributed by atoms with Gasteiger partial charge < -0.3 is 15.2 Å². The summed E-state index contributed by atoms with van der Waals surface area (Å²) in [6.07, 6.45) is -0.314. The number of rotatable bonds is 8. The van der Waals surface area contributed by atoms with Crippen molar-refractivity contribution < 1.29 is 24.2 Å². The van der Waals surface area contributed by atoms with Crippen LogP contribution in [0.4, 0.5) is 10.5 Å². The molecule has 1 aliphatic rings. The number of hydrogen-bond acceptors (Lipinski definition) is 4. The fourth-order valence-electron chi connectivity index (χ4n) is 4.28. The van der Waals surface area contributed by atoms with E-state index in [1.807, 2.05) is 36.4 Å². The Balaban J connectivity index is 1.43. The highest BCUT2D eigenvalue weighted by molar-refractivity contribution is 9.10. The summed E-state index contributed by atoms with van der Waals surface area (Å²) in [5.41, 5.74) is 5.20. The first-order valence-corrected chi connectivity index (χ1v) is 12.1. The first-order chi connectivity index (χ1) is 16.9.